The molecule has 1 aromatic heterocycles. The van der Waals surface area contributed by atoms with Crippen molar-refractivity contribution >= 4 is 17.7 Å². The molecule has 0 fully saturated rings. The van der Waals surface area contributed by atoms with Gasteiger partial charge >= 0.3 is 0 Å². The monoisotopic (exact) mass is 433 g/mol. The highest BCUT2D eigenvalue weighted by atomic mass is 32.2. The van der Waals surface area contributed by atoms with Gasteiger partial charge in [-0.25, -0.2) is 0 Å². The van der Waals surface area contributed by atoms with Crippen molar-refractivity contribution in [1.82, 2.24) is 20.1 Å². The number of nitrogens with one attached hydrogen (secondary N) is 1. The number of hydrogen-bond donors (Lipinski definition) is 1. The van der Waals surface area contributed by atoms with Gasteiger partial charge in [-0.05, 0) is 49.9 Å². The zero-order valence-electron chi connectivity index (χ0n) is 18.5. The highest BCUT2D eigenvalue weighted by molar-refractivity contribution is 7.99. The van der Waals surface area contributed by atoms with E-state index in [2.05, 4.69) is 47.6 Å². The van der Waals surface area contributed by atoms with Crippen LogP contribution in [0.4, 0.5) is 0 Å². The maximum atomic E-state index is 12.6. The standard InChI is InChI=1S/C24H27N5OS/c1-16(2)24(5,15-25)26-21(30)14-31-23-28-27-22(19-9-7-6-8-10-19)29(23)20-12-11-17(3)18(4)13-20/h6-13,16H,14H2,1-5H3,(H,26,30)/t24-/m1/s1. The minimum absolute atomic E-state index is 0.00433. The van der Waals surface area contributed by atoms with E-state index in [1.54, 1.807) is 6.92 Å². The SMILES string of the molecule is Cc1ccc(-n2c(SCC(=O)N[C@](C)(C#N)C(C)C)nnc2-c2ccccc2)cc1C. The third-order valence-electron chi connectivity index (χ3n) is 5.53. The minimum atomic E-state index is -0.908. The molecule has 3 aromatic rings. The Morgan fingerprint density at radius 2 is 1.87 bits per heavy atom. The fourth-order valence-corrected chi connectivity index (χ4v) is 3.74. The molecule has 1 heterocycles. The number of aryl methyl sites for hydroxylation is 2. The second-order valence-electron chi connectivity index (χ2n) is 8.08. The van der Waals surface area contributed by atoms with Gasteiger partial charge in [0.05, 0.1) is 17.5 Å². The quantitative estimate of drug-likeness (QED) is 0.546. The van der Waals surface area contributed by atoms with Gasteiger partial charge in [-0.1, -0.05) is 62.0 Å². The van der Waals surface area contributed by atoms with Crippen LogP contribution in [-0.4, -0.2) is 32.0 Å². The molecule has 0 aliphatic rings. The molecule has 0 bridgehead atoms. The molecule has 0 aliphatic heterocycles. The average Bonchev–Trinajstić information content (AvgIpc) is 3.18. The molecular formula is C24H27N5OS. The molecule has 6 nitrogen and oxygen atoms in total. The summed E-state index contributed by atoms with van der Waals surface area (Å²) < 4.78 is 1.98. The van der Waals surface area contributed by atoms with E-state index in [1.165, 1.54) is 22.9 Å². The summed E-state index contributed by atoms with van der Waals surface area (Å²) in [7, 11) is 0. The van der Waals surface area contributed by atoms with Crippen molar-refractivity contribution in [3.8, 4) is 23.1 Å². The Labute approximate surface area is 187 Å². The van der Waals surface area contributed by atoms with Crippen molar-refractivity contribution < 1.29 is 4.79 Å². The Morgan fingerprint density at radius 1 is 1.16 bits per heavy atom. The summed E-state index contributed by atoms with van der Waals surface area (Å²) in [6.07, 6.45) is 0. The summed E-state index contributed by atoms with van der Waals surface area (Å²) in [4.78, 5) is 12.6. The molecule has 7 heteroatoms. The molecule has 0 spiro atoms. The average molecular weight is 434 g/mol. The van der Waals surface area contributed by atoms with Crippen LogP contribution in [0.1, 0.15) is 31.9 Å². The molecule has 31 heavy (non-hydrogen) atoms. The van der Waals surface area contributed by atoms with Crippen LogP contribution < -0.4 is 5.32 Å². The number of rotatable bonds is 7. The predicted octanol–water partition coefficient (Wildman–Crippen LogP) is 4.70. The predicted molar refractivity (Wildman–Crippen MR) is 124 cm³/mol. The van der Waals surface area contributed by atoms with E-state index in [0.717, 1.165) is 17.1 Å². The maximum absolute atomic E-state index is 12.6. The van der Waals surface area contributed by atoms with Crippen LogP contribution in [0.5, 0.6) is 0 Å². The van der Waals surface area contributed by atoms with E-state index < -0.39 is 5.54 Å². The third-order valence-corrected chi connectivity index (χ3v) is 6.46. The number of amides is 1. The van der Waals surface area contributed by atoms with Gasteiger partial charge in [-0.3, -0.25) is 9.36 Å². The lowest BCUT2D eigenvalue weighted by molar-refractivity contribution is -0.120. The fraction of sp³-hybridized carbons (Fsp3) is 0.333. The Bertz CT molecular complexity index is 1120. The molecule has 1 atom stereocenters. The minimum Gasteiger partial charge on any atom is -0.337 e. The molecule has 1 amide bonds. The molecule has 1 N–H and O–H groups in total. The van der Waals surface area contributed by atoms with Crippen LogP contribution in [0.25, 0.3) is 17.1 Å². The first-order valence-electron chi connectivity index (χ1n) is 10.2. The number of hydrogen-bond acceptors (Lipinski definition) is 5. The van der Waals surface area contributed by atoms with Gasteiger partial charge in [0.25, 0.3) is 0 Å². The molecule has 3 rings (SSSR count). The Balaban J connectivity index is 1.92. The van der Waals surface area contributed by atoms with Gasteiger partial charge in [0.2, 0.25) is 5.91 Å². The number of carbonyl (C=O) groups excluding carboxylic acids is 1. The van der Waals surface area contributed by atoms with Crippen molar-refractivity contribution in [2.75, 3.05) is 5.75 Å². The van der Waals surface area contributed by atoms with Crippen molar-refractivity contribution in [3.05, 3.63) is 59.7 Å². The topological polar surface area (TPSA) is 83.6 Å². The first kappa shape index (κ1) is 22.6. The largest absolute Gasteiger partial charge is 0.337 e. The normalized spacial score (nSPS) is 12.9. The second kappa shape index (κ2) is 9.36. The van der Waals surface area contributed by atoms with Crippen LogP contribution in [0, 0.1) is 31.1 Å². The number of carbonyl (C=O) groups is 1. The summed E-state index contributed by atoms with van der Waals surface area (Å²) >= 11 is 1.31. The number of nitrogens with zero attached hydrogens (tertiary/aromatic N) is 4. The first-order valence-corrected chi connectivity index (χ1v) is 11.2. The first-order chi connectivity index (χ1) is 14.7. The summed E-state index contributed by atoms with van der Waals surface area (Å²) in [6.45, 7) is 9.72. The van der Waals surface area contributed by atoms with E-state index in [-0.39, 0.29) is 17.6 Å². The van der Waals surface area contributed by atoms with E-state index in [0.29, 0.717) is 5.16 Å². The number of thioether (sulfide) groups is 1. The lowest BCUT2D eigenvalue weighted by atomic mass is 9.90. The molecular weight excluding hydrogens is 406 g/mol. The van der Waals surface area contributed by atoms with Crippen molar-refractivity contribution in [2.24, 2.45) is 5.92 Å². The lowest BCUT2D eigenvalue weighted by Crippen LogP contribution is -2.49. The van der Waals surface area contributed by atoms with Crippen LogP contribution in [-0.2, 0) is 4.79 Å². The van der Waals surface area contributed by atoms with Gasteiger partial charge in [0.15, 0.2) is 11.0 Å². The highest BCUT2D eigenvalue weighted by Crippen LogP contribution is 2.29. The second-order valence-corrected chi connectivity index (χ2v) is 9.02. The van der Waals surface area contributed by atoms with Gasteiger partial charge in [-0.2, -0.15) is 5.26 Å². The molecule has 0 aliphatic carbocycles. The number of aromatic nitrogens is 3. The number of benzene rings is 2. The third kappa shape index (κ3) is 4.97. The highest BCUT2D eigenvalue weighted by Gasteiger charge is 2.30. The van der Waals surface area contributed by atoms with Crippen molar-refractivity contribution in [1.29, 1.82) is 5.26 Å². The maximum Gasteiger partial charge on any atom is 0.231 e. The van der Waals surface area contributed by atoms with E-state index in [1.807, 2.05) is 54.8 Å². The van der Waals surface area contributed by atoms with Crippen LogP contribution in [0.15, 0.2) is 53.7 Å². The molecule has 0 radical (unpaired) electrons. The van der Waals surface area contributed by atoms with Gasteiger partial charge < -0.3 is 5.32 Å². The Morgan fingerprint density at radius 3 is 2.48 bits per heavy atom. The Kier molecular flexibility index (Phi) is 6.81. The molecule has 0 saturated heterocycles. The fourth-order valence-electron chi connectivity index (χ4n) is 2.99. The van der Waals surface area contributed by atoms with E-state index in [9.17, 15) is 10.1 Å². The van der Waals surface area contributed by atoms with Gasteiger partial charge in [0, 0.05) is 5.56 Å². The van der Waals surface area contributed by atoms with Crippen LogP contribution >= 0.6 is 11.8 Å². The molecule has 2 aromatic carbocycles. The smallest absolute Gasteiger partial charge is 0.231 e. The summed E-state index contributed by atoms with van der Waals surface area (Å²) in [5, 5.41) is 21.7. The molecule has 0 saturated carbocycles. The Hall–Kier alpha value is -3.11. The summed E-state index contributed by atoms with van der Waals surface area (Å²) in [5.74, 6) is 0.645. The van der Waals surface area contributed by atoms with Gasteiger partial charge in [0.1, 0.15) is 5.54 Å². The summed E-state index contributed by atoms with van der Waals surface area (Å²) in [5.41, 5.74) is 3.35. The van der Waals surface area contributed by atoms with Crippen molar-refractivity contribution in [2.45, 2.75) is 45.3 Å². The zero-order chi connectivity index (χ0) is 22.6. The molecule has 0 unspecified atom stereocenters. The summed E-state index contributed by atoms with van der Waals surface area (Å²) in [6, 6.07) is 18.3. The van der Waals surface area contributed by atoms with Crippen LogP contribution in [0.3, 0.4) is 0 Å². The van der Waals surface area contributed by atoms with Crippen molar-refractivity contribution in [3.63, 3.8) is 0 Å². The zero-order valence-corrected chi connectivity index (χ0v) is 19.3. The molecule has 160 valence electrons. The lowest BCUT2D eigenvalue weighted by Gasteiger charge is -2.27. The van der Waals surface area contributed by atoms with Gasteiger partial charge in [-0.15, -0.1) is 10.2 Å². The van der Waals surface area contributed by atoms with E-state index in [4.69, 9.17) is 0 Å². The number of nitriles is 1. The van der Waals surface area contributed by atoms with E-state index >= 15 is 0 Å². The van der Waals surface area contributed by atoms with Crippen LogP contribution in [0.2, 0.25) is 0 Å².